The van der Waals surface area contributed by atoms with E-state index in [4.69, 9.17) is 5.11 Å². The monoisotopic (exact) mass is 290 g/mol. The number of nitrogens with zero attached hydrogens (tertiary/aromatic N) is 4. The number of carboxylic acids is 1. The fraction of sp³-hybridized carbons (Fsp3) is 0.308. The molecule has 2 aromatic rings. The molecule has 1 aromatic carbocycles. The van der Waals surface area contributed by atoms with Crippen LogP contribution in [0.4, 0.5) is 5.69 Å². The second kappa shape index (κ2) is 5.70. The number of nitro groups is 1. The molecule has 0 bridgehead atoms. The van der Waals surface area contributed by atoms with Crippen LogP contribution in [0.2, 0.25) is 0 Å². The van der Waals surface area contributed by atoms with E-state index in [1.807, 2.05) is 6.92 Å². The molecule has 0 aliphatic heterocycles. The largest absolute Gasteiger partial charge is 0.476 e. The van der Waals surface area contributed by atoms with Gasteiger partial charge in [-0.25, -0.2) is 9.48 Å². The molecule has 8 nitrogen and oxygen atoms in total. The summed E-state index contributed by atoms with van der Waals surface area (Å²) < 4.78 is 1.25. The highest BCUT2D eigenvalue weighted by Crippen LogP contribution is 2.25. The Hall–Kier alpha value is -2.77. The van der Waals surface area contributed by atoms with Crippen molar-refractivity contribution in [2.45, 2.75) is 26.7 Å². The van der Waals surface area contributed by atoms with Crippen LogP contribution >= 0.6 is 0 Å². The third kappa shape index (κ3) is 2.73. The number of aromatic carboxylic acids is 1. The molecule has 0 aliphatic rings. The lowest BCUT2D eigenvalue weighted by Gasteiger charge is -2.07. The van der Waals surface area contributed by atoms with Gasteiger partial charge in [0.2, 0.25) is 0 Å². The minimum Gasteiger partial charge on any atom is -0.476 e. The van der Waals surface area contributed by atoms with Gasteiger partial charge in [-0.3, -0.25) is 10.1 Å². The third-order valence-corrected chi connectivity index (χ3v) is 3.01. The van der Waals surface area contributed by atoms with E-state index in [0.29, 0.717) is 18.5 Å². The van der Waals surface area contributed by atoms with Crippen molar-refractivity contribution in [3.8, 4) is 5.69 Å². The van der Waals surface area contributed by atoms with E-state index < -0.39 is 10.9 Å². The Bertz CT molecular complexity index is 708. The number of aryl methyl sites for hydroxylation is 1. The fourth-order valence-electron chi connectivity index (χ4n) is 2.08. The van der Waals surface area contributed by atoms with E-state index in [1.54, 1.807) is 19.1 Å². The van der Waals surface area contributed by atoms with Gasteiger partial charge in [-0.05, 0) is 25.0 Å². The summed E-state index contributed by atoms with van der Waals surface area (Å²) in [6.45, 7) is 3.68. The maximum absolute atomic E-state index is 11.2. The Morgan fingerprint density at radius 1 is 1.48 bits per heavy atom. The van der Waals surface area contributed by atoms with Gasteiger partial charge in [-0.1, -0.05) is 24.6 Å². The van der Waals surface area contributed by atoms with Gasteiger partial charge in [-0.2, -0.15) is 0 Å². The molecule has 1 aromatic heterocycles. The zero-order valence-corrected chi connectivity index (χ0v) is 11.6. The number of rotatable bonds is 5. The lowest BCUT2D eigenvalue weighted by Crippen LogP contribution is -2.08. The molecule has 2 rings (SSSR count). The van der Waals surface area contributed by atoms with E-state index in [1.165, 1.54) is 10.7 Å². The Morgan fingerprint density at radius 2 is 2.19 bits per heavy atom. The molecule has 0 amide bonds. The van der Waals surface area contributed by atoms with Crippen LogP contribution in [0.5, 0.6) is 0 Å². The van der Waals surface area contributed by atoms with E-state index >= 15 is 0 Å². The molecule has 0 atom stereocenters. The number of carbonyl (C=O) groups is 1. The first kappa shape index (κ1) is 14.6. The van der Waals surface area contributed by atoms with Crippen molar-refractivity contribution in [2.75, 3.05) is 0 Å². The fourth-order valence-corrected chi connectivity index (χ4v) is 2.08. The molecule has 0 saturated heterocycles. The first-order valence-corrected chi connectivity index (χ1v) is 6.39. The predicted molar refractivity (Wildman–Crippen MR) is 73.7 cm³/mol. The summed E-state index contributed by atoms with van der Waals surface area (Å²) in [6, 6.07) is 4.59. The number of hydrogen-bond acceptors (Lipinski definition) is 5. The van der Waals surface area contributed by atoms with Gasteiger partial charge in [0.1, 0.15) is 5.69 Å². The van der Waals surface area contributed by atoms with E-state index in [9.17, 15) is 14.9 Å². The molecule has 0 fully saturated rings. The van der Waals surface area contributed by atoms with Gasteiger partial charge in [0.25, 0.3) is 5.69 Å². The Labute approximate surface area is 120 Å². The standard InChI is InChI=1S/C13H14N4O4/c1-3-4-10-12(13(18)19)14-15-16(10)11-7-8(2)5-6-9(11)17(20)21/h5-7H,3-4H2,1-2H3,(H,18,19). The molecule has 0 aliphatic carbocycles. The Morgan fingerprint density at radius 3 is 2.76 bits per heavy atom. The zero-order chi connectivity index (χ0) is 15.6. The summed E-state index contributed by atoms with van der Waals surface area (Å²) in [4.78, 5) is 21.8. The highest BCUT2D eigenvalue weighted by molar-refractivity contribution is 5.86. The van der Waals surface area contributed by atoms with Crippen LogP contribution < -0.4 is 0 Å². The van der Waals surface area contributed by atoms with E-state index in [-0.39, 0.29) is 17.1 Å². The second-order valence-electron chi connectivity index (χ2n) is 4.60. The van der Waals surface area contributed by atoms with Crippen LogP contribution in [0.25, 0.3) is 5.69 Å². The minimum atomic E-state index is -1.19. The van der Waals surface area contributed by atoms with Crippen molar-refractivity contribution in [1.29, 1.82) is 0 Å². The van der Waals surface area contributed by atoms with Crippen LogP contribution in [0.1, 0.15) is 35.1 Å². The van der Waals surface area contributed by atoms with Gasteiger partial charge in [-0.15, -0.1) is 5.10 Å². The van der Waals surface area contributed by atoms with Gasteiger partial charge in [0.15, 0.2) is 5.69 Å². The van der Waals surface area contributed by atoms with Gasteiger partial charge in [0, 0.05) is 6.07 Å². The minimum absolute atomic E-state index is 0.139. The summed E-state index contributed by atoms with van der Waals surface area (Å²) >= 11 is 0. The van der Waals surface area contributed by atoms with Crippen LogP contribution in [0.3, 0.4) is 0 Å². The van der Waals surface area contributed by atoms with Crippen LogP contribution in [-0.2, 0) is 6.42 Å². The van der Waals surface area contributed by atoms with Gasteiger partial charge in [0.05, 0.1) is 10.6 Å². The van der Waals surface area contributed by atoms with Crippen LogP contribution in [0, 0.1) is 17.0 Å². The average Bonchev–Trinajstić information content (AvgIpc) is 2.82. The second-order valence-corrected chi connectivity index (χ2v) is 4.60. The van der Waals surface area contributed by atoms with Crippen LogP contribution in [0.15, 0.2) is 18.2 Å². The molecule has 0 saturated carbocycles. The highest BCUT2D eigenvalue weighted by Gasteiger charge is 2.24. The summed E-state index contributed by atoms with van der Waals surface area (Å²) in [5, 5.41) is 27.7. The predicted octanol–water partition coefficient (Wildman–Crippen LogP) is 2.13. The summed E-state index contributed by atoms with van der Waals surface area (Å²) in [5.74, 6) is -1.19. The number of nitro benzene ring substituents is 1. The first-order valence-electron chi connectivity index (χ1n) is 6.39. The van der Waals surface area contributed by atoms with Gasteiger partial charge >= 0.3 is 5.97 Å². The highest BCUT2D eigenvalue weighted by atomic mass is 16.6. The zero-order valence-electron chi connectivity index (χ0n) is 11.6. The molecular formula is C13H14N4O4. The van der Waals surface area contributed by atoms with E-state index in [0.717, 1.165) is 5.56 Å². The van der Waals surface area contributed by atoms with Crippen molar-refractivity contribution < 1.29 is 14.8 Å². The molecule has 110 valence electrons. The molecular weight excluding hydrogens is 276 g/mol. The maximum Gasteiger partial charge on any atom is 0.358 e. The molecule has 0 radical (unpaired) electrons. The molecule has 21 heavy (non-hydrogen) atoms. The van der Waals surface area contributed by atoms with Crippen molar-refractivity contribution in [1.82, 2.24) is 15.0 Å². The van der Waals surface area contributed by atoms with Crippen molar-refractivity contribution in [3.63, 3.8) is 0 Å². The number of hydrogen-bond donors (Lipinski definition) is 1. The molecule has 0 spiro atoms. The number of aromatic nitrogens is 3. The molecule has 1 heterocycles. The maximum atomic E-state index is 11.2. The first-order chi connectivity index (χ1) is 9.95. The van der Waals surface area contributed by atoms with Crippen molar-refractivity contribution in [3.05, 3.63) is 45.3 Å². The topological polar surface area (TPSA) is 111 Å². The van der Waals surface area contributed by atoms with Gasteiger partial charge < -0.3 is 5.11 Å². The average molecular weight is 290 g/mol. The Balaban J connectivity index is 2.69. The quantitative estimate of drug-likeness (QED) is 0.667. The summed E-state index contributed by atoms with van der Waals surface area (Å²) in [5.41, 5.74) is 1.08. The molecule has 1 N–H and O–H groups in total. The van der Waals surface area contributed by atoms with E-state index in [2.05, 4.69) is 10.3 Å². The lowest BCUT2D eigenvalue weighted by molar-refractivity contribution is -0.384. The summed E-state index contributed by atoms with van der Waals surface area (Å²) in [6.07, 6.45) is 1.09. The third-order valence-electron chi connectivity index (χ3n) is 3.01. The smallest absolute Gasteiger partial charge is 0.358 e. The summed E-state index contributed by atoms with van der Waals surface area (Å²) in [7, 11) is 0. The van der Waals surface area contributed by atoms with Crippen molar-refractivity contribution >= 4 is 11.7 Å². The van der Waals surface area contributed by atoms with Crippen molar-refractivity contribution in [2.24, 2.45) is 0 Å². The van der Waals surface area contributed by atoms with Crippen LogP contribution in [-0.4, -0.2) is 31.0 Å². The molecule has 8 heteroatoms. The SMILES string of the molecule is CCCc1c(C(=O)O)nnn1-c1cc(C)ccc1[N+](=O)[O-]. The Kier molecular flexibility index (Phi) is 3.97. The number of benzene rings is 1. The molecule has 0 unspecified atom stereocenters. The number of carboxylic acid groups (broad SMARTS) is 1. The lowest BCUT2D eigenvalue weighted by atomic mass is 10.1. The normalized spacial score (nSPS) is 10.6.